The molecule has 0 aliphatic carbocycles. The van der Waals surface area contributed by atoms with Gasteiger partial charge < -0.3 is 14.9 Å². The number of nitrogens with one attached hydrogen (secondary N) is 2. The van der Waals surface area contributed by atoms with Crippen molar-refractivity contribution in [1.82, 2.24) is 19.9 Å². The maximum absolute atomic E-state index is 13.4. The highest BCUT2D eigenvalue weighted by Crippen LogP contribution is 2.26. The molecule has 28 heavy (non-hydrogen) atoms. The summed E-state index contributed by atoms with van der Waals surface area (Å²) in [7, 11) is 1.86. The second kappa shape index (κ2) is 6.96. The maximum Gasteiger partial charge on any atom is 0.254 e. The first-order valence-electron chi connectivity index (χ1n) is 9.07. The van der Waals surface area contributed by atoms with E-state index in [-0.39, 0.29) is 11.7 Å². The third-order valence-electron chi connectivity index (χ3n) is 5.18. The lowest BCUT2D eigenvalue weighted by atomic mass is 10.0. The number of fused-ring (bicyclic) bond motifs is 1. The minimum Gasteiger partial charge on any atom is -0.358 e. The fourth-order valence-electron chi connectivity index (χ4n) is 3.49. The van der Waals surface area contributed by atoms with Crippen LogP contribution in [0.5, 0.6) is 0 Å². The van der Waals surface area contributed by atoms with Crippen molar-refractivity contribution in [2.75, 3.05) is 0 Å². The van der Waals surface area contributed by atoms with Gasteiger partial charge in [0.05, 0.1) is 11.1 Å². The van der Waals surface area contributed by atoms with Gasteiger partial charge in [0, 0.05) is 30.5 Å². The van der Waals surface area contributed by atoms with Gasteiger partial charge in [-0.3, -0.25) is 4.79 Å². The molecule has 0 spiro atoms. The average Bonchev–Trinajstić information content (AvgIpc) is 3.23. The molecule has 0 aliphatic rings. The van der Waals surface area contributed by atoms with E-state index in [1.54, 1.807) is 24.4 Å². The van der Waals surface area contributed by atoms with Crippen LogP contribution < -0.4 is 5.32 Å². The molecular formula is C22H21FN4O. The molecule has 0 unspecified atom stereocenters. The predicted molar refractivity (Wildman–Crippen MR) is 107 cm³/mol. The van der Waals surface area contributed by atoms with E-state index in [0.717, 1.165) is 27.7 Å². The number of imidazole rings is 1. The van der Waals surface area contributed by atoms with Crippen LogP contribution in [0.2, 0.25) is 0 Å². The van der Waals surface area contributed by atoms with Crippen molar-refractivity contribution in [3.8, 4) is 0 Å². The Balaban J connectivity index is 1.75. The number of hydrogen-bond donors (Lipinski definition) is 2. The highest BCUT2D eigenvalue weighted by molar-refractivity contribution is 6.06. The number of carbonyl (C=O) groups is 1. The third-order valence-corrected chi connectivity index (χ3v) is 5.18. The monoisotopic (exact) mass is 376 g/mol. The molecular weight excluding hydrogens is 355 g/mol. The van der Waals surface area contributed by atoms with E-state index in [0.29, 0.717) is 11.4 Å². The lowest BCUT2D eigenvalue weighted by molar-refractivity contribution is 0.0942. The Labute approximate surface area is 162 Å². The molecule has 4 rings (SSSR count). The average molecular weight is 376 g/mol. The Bertz CT molecular complexity index is 1160. The summed E-state index contributed by atoms with van der Waals surface area (Å²) >= 11 is 0. The highest BCUT2D eigenvalue weighted by atomic mass is 19.1. The molecule has 1 amide bonds. The van der Waals surface area contributed by atoms with E-state index in [1.807, 2.05) is 43.8 Å². The van der Waals surface area contributed by atoms with Crippen LogP contribution in [0.25, 0.3) is 10.9 Å². The van der Waals surface area contributed by atoms with Gasteiger partial charge in [-0.15, -0.1) is 0 Å². The van der Waals surface area contributed by atoms with Crippen molar-refractivity contribution in [2.45, 2.75) is 19.9 Å². The van der Waals surface area contributed by atoms with Crippen LogP contribution in [0.15, 0.2) is 54.9 Å². The van der Waals surface area contributed by atoms with E-state index < -0.39 is 6.04 Å². The number of para-hydroxylation sites is 1. The number of amides is 1. The molecule has 0 aliphatic heterocycles. The molecule has 5 nitrogen and oxygen atoms in total. The summed E-state index contributed by atoms with van der Waals surface area (Å²) in [5, 5.41) is 4.10. The van der Waals surface area contributed by atoms with E-state index in [2.05, 4.69) is 15.3 Å². The van der Waals surface area contributed by atoms with E-state index in [9.17, 15) is 9.18 Å². The molecule has 0 saturated carbocycles. The number of rotatable bonds is 4. The molecule has 6 heteroatoms. The Morgan fingerprint density at radius 1 is 1.18 bits per heavy atom. The Morgan fingerprint density at radius 2 is 1.93 bits per heavy atom. The number of aromatic amines is 1. The van der Waals surface area contributed by atoms with E-state index in [4.69, 9.17) is 0 Å². The molecule has 1 atom stereocenters. The fourth-order valence-corrected chi connectivity index (χ4v) is 3.49. The topological polar surface area (TPSA) is 62.7 Å². The largest absolute Gasteiger partial charge is 0.358 e. The number of aromatic nitrogens is 3. The van der Waals surface area contributed by atoms with Crippen LogP contribution in [0.3, 0.4) is 0 Å². The van der Waals surface area contributed by atoms with Gasteiger partial charge in [0.1, 0.15) is 17.7 Å². The van der Waals surface area contributed by atoms with Gasteiger partial charge in [-0.2, -0.15) is 0 Å². The van der Waals surface area contributed by atoms with Gasteiger partial charge in [0.2, 0.25) is 0 Å². The molecule has 2 N–H and O–H groups in total. The zero-order valence-corrected chi connectivity index (χ0v) is 16.0. The number of carbonyl (C=O) groups excluding carboxylic acids is 1. The number of aryl methyl sites for hydroxylation is 3. The van der Waals surface area contributed by atoms with E-state index in [1.165, 1.54) is 12.1 Å². The van der Waals surface area contributed by atoms with Gasteiger partial charge in [-0.05, 0) is 43.2 Å². The van der Waals surface area contributed by atoms with Crippen molar-refractivity contribution >= 4 is 16.8 Å². The Kier molecular flexibility index (Phi) is 4.47. The molecule has 0 saturated heterocycles. The standard InChI is InChI=1S/C22H21FN4O/c1-13-14(2)25-20-17(13)5-4-6-18(20)22(28)26-19(21-24-11-12-27(21)3)15-7-9-16(23)10-8-15/h4-12,19,25H,1-3H3,(H,26,28)/t19-/m1/s1. The van der Waals surface area contributed by atoms with Crippen LogP contribution in [0.1, 0.15) is 39.0 Å². The summed E-state index contributed by atoms with van der Waals surface area (Å²) in [6.07, 6.45) is 3.49. The molecule has 2 heterocycles. The van der Waals surface area contributed by atoms with Crippen LogP contribution in [-0.4, -0.2) is 20.4 Å². The van der Waals surface area contributed by atoms with Crippen LogP contribution in [0, 0.1) is 19.7 Å². The molecule has 0 radical (unpaired) electrons. The summed E-state index contributed by atoms with van der Waals surface area (Å²) in [6, 6.07) is 11.3. The van der Waals surface area contributed by atoms with Crippen molar-refractivity contribution in [3.63, 3.8) is 0 Å². The van der Waals surface area contributed by atoms with Crippen molar-refractivity contribution in [3.05, 3.63) is 88.9 Å². The second-order valence-corrected chi connectivity index (χ2v) is 6.96. The van der Waals surface area contributed by atoms with Gasteiger partial charge >= 0.3 is 0 Å². The maximum atomic E-state index is 13.4. The number of hydrogen-bond acceptors (Lipinski definition) is 2. The van der Waals surface area contributed by atoms with Crippen LogP contribution in [0.4, 0.5) is 4.39 Å². The first-order chi connectivity index (χ1) is 13.5. The molecule has 0 fully saturated rings. The van der Waals surface area contributed by atoms with Crippen molar-refractivity contribution < 1.29 is 9.18 Å². The molecule has 4 aromatic rings. The molecule has 2 aromatic heterocycles. The molecule has 0 bridgehead atoms. The SMILES string of the molecule is Cc1[nH]c2c(C(=O)N[C@H](c3ccc(F)cc3)c3nccn3C)cccc2c1C. The van der Waals surface area contributed by atoms with Crippen LogP contribution in [-0.2, 0) is 7.05 Å². The van der Waals surface area contributed by atoms with Gasteiger partial charge in [-0.1, -0.05) is 24.3 Å². The third kappa shape index (κ3) is 3.07. The smallest absolute Gasteiger partial charge is 0.254 e. The minimum atomic E-state index is -0.500. The normalized spacial score (nSPS) is 12.3. The summed E-state index contributed by atoms with van der Waals surface area (Å²) in [5.41, 5.74) is 4.30. The zero-order chi connectivity index (χ0) is 19.8. The van der Waals surface area contributed by atoms with Crippen molar-refractivity contribution in [2.24, 2.45) is 7.05 Å². The molecule has 2 aromatic carbocycles. The number of nitrogens with zero attached hydrogens (tertiary/aromatic N) is 2. The number of halogens is 1. The lowest BCUT2D eigenvalue weighted by Crippen LogP contribution is -2.31. The fraction of sp³-hybridized carbons (Fsp3) is 0.182. The van der Waals surface area contributed by atoms with Gasteiger partial charge in [0.15, 0.2) is 0 Å². The van der Waals surface area contributed by atoms with Crippen LogP contribution >= 0.6 is 0 Å². The zero-order valence-electron chi connectivity index (χ0n) is 16.0. The molecule has 142 valence electrons. The number of benzene rings is 2. The van der Waals surface area contributed by atoms with Crippen molar-refractivity contribution in [1.29, 1.82) is 0 Å². The Hall–Kier alpha value is -3.41. The Morgan fingerprint density at radius 3 is 2.61 bits per heavy atom. The predicted octanol–water partition coefficient (Wildman–Crippen LogP) is 4.18. The second-order valence-electron chi connectivity index (χ2n) is 6.96. The summed E-state index contributed by atoms with van der Waals surface area (Å²) < 4.78 is 15.2. The van der Waals surface area contributed by atoms with Gasteiger partial charge in [0.25, 0.3) is 5.91 Å². The highest BCUT2D eigenvalue weighted by Gasteiger charge is 2.23. The van der Waals surface area contributed by atoms with Gasteiger partial charge in [-0.25, -0.2) is 9.37 Å². The first kappa shape index (κ1) is 18.0. The minimum absolute atomic E-state index is 0.218. The summed E-state index contributed by atoms with van der Waals surface area (Å²) in [4.78, 5) is 20.9. The van der Waals surface area contributed by atoms with E-state index >= 15 is 0 Å². The summed E-state index contributed by atoms with van der Waals surface area (Å²) in [6.45, 7) is 4.03. The lowest BCUT2D eigenvalue weighted by Gasteiger charge is -2.19. The first-order valence-corrected chi connectivity index (χ1v) is 9.07. The number of H-pyrrole nitrogens is 1. The quantitative estimate of drug-likeness (QED) is 0.561. The summed E-state index contributed by atoms with van der Waals surface area (Å²) in [5.74, 6) is 0.130.